The average Bonchev–Trinajstić information content (AvgIpc) is 2.86. The van der Waals surface area contributed by atoms with Gasteiger partial charge in [0, 0.05) is 5.39 Å². The molecule has 94 valence electrons. The van der Waals surface area contributed by atoms with Crippen LogP contribution < -0.4 is 0 Å². The lowest BCUT2D eigenvalue weighted by molar-refractivity contribution is 0.0681. The molecule has 0 bridgehead atoms. The van der Waals surface area contributed by atoms with Crippen LogP contribution in [0.25, 0.3) is 17.0 Å². The highest BCUT2D eigenvalue weighted by Crippen LogP contribution is 2.30. The van der Waals surface area contributed by atoms with E-state index < -0.39 is 11.9 Å². The molecule has 0 radical (unpaired) electrons. The fourth-order valence-corrected chi connectivity index (χ4v) is 2.33. The minimum Gasteiger partial charge on any atom is -0.478 e. The molecule has 1 heterocycles. The Hall–Kier alpha value is -2.69. The van der Waals surface area contributed by atoms with Gasteiger partial charge in [-0.1, -0.05) is 12.2 Å². The summed E-state index contributed by atoms with van der Waals surface area (Å²) in [6.45, 7) is 0. The highest BCUT2D eigenvalue weighted by atomic mass is 16.4. The van der Waals surface area contributed by atoms with E-state index in [-0.39, 0.29) is 11.3 Å². The van der Waals surface area contributed by atoms with Gasteiger partial charge in [-0.25, -0.2) is 14.6 Å². The van der Waals surface area contributed by atoms with Crippen molar-refractivity contribution in [1.29, 1.82) is 0 Å². The van der Waals surface area contributed by atoms with Crippen molar-refractivity contribution in [2.75, 3.05) is 0 Å². The first-order valence-corrected chi connectivity index (χ1v) is 5.67. The quantitative estimate of drug-likeness (QED) is 0.858. The Morgan fingerprint density at radius 2 is 1.95 bits per heavy atom. The molecule has 2 N–H and O–H groups in total. The van der Waals surface area contributed by atoms with Crippen molar-refractivity contribution in [3.8, 4) is 0 Å². The number of rotatable bonds is 2. The summed E-state index contributed by atoms with van der Waals surface area (Å²) in [6, 6.07) is 4.50. The molecule has 1 aliphatic carbocycles. The lowest BCUT2D eigenvalue weighted by atomic mass is 10.0. The summed E-state index contributed by atoms with van der Waals surface area (Å²) in [7, 11) is 0. The van der Waals surface area contributed by atoms with Gasteiger partial charge in [0.05, 0.1) is 11.1 Å². The van der Waals surface area contributed by atoms with Crippen molar-refractivity contribution in [2.24, 2.45) is 0 Å². The summed E-state index contributed by atoms with van der Waals surface area (Å²) < 4.78 is 0. The fraction of sp³-hybridized carbons (Fsp3) is 0.0714. The molecule has 5 nitrogen and oxygen atoms in total. The van der Waals surface area contributed by atoms with Crippen LogP contribution in [-0.2, 0) is 6.42 Å². The van der Waals surface area contributed by atoms with Crippen LogP contribution in [-0.4, -0.2) is 27.1 Å². The standard InChI is InChI=1S/C14H9NO4/c16-13(17)7-4-5-11-10(6-7)8-2-1-3-9(8)12(15-11)14(18)19/h1-2,4-6H,3H2,(H,16,17)(H,18,19). The third-order valence-electron chi connectivity index (χ3n) is 3.19. The number of nitrogens with zero attached hydrogens (tertiary/aromatic N) is 1. The highest BCUT2D eigenvalue weighted by molar-refractivity contribution is 6.01. The van der Waals surface area contributed by atoms with Crippen molar-refractivity contribution >= 4 is 28.9 Å². The van der Waals surface area contributed by atoms with Crippen LogP contribution >= 0.6 is 0 Å². The second-order valence-corrected chi connectivity index (χ2v) is 4.30. The molecule has 0 saturated heterocycles. The number of hydrogen-bond acceptors (Lipinski definition) is 3. The smallest absolute Gasteiger partial charge is 0.354 e. The van der Waals surface area contributed by atoms with Gasteiger partial charge in [0.2, 0.25) is 0 Å². The van der Waals surface area contributed by atoms with E-state index in [0.29, 0.717) is 22.9 Å². The van der Waals surface area contributed by atoms with E-state index in [1.807, 2.05) is 12.2 Å². The van der Waals surface area contributed by atoms with Crippen molar-refractivity contribution in [2.45, 2.75) is 6.42 Å². The molecule has 19 heavy (non-hydrogen) atoms. The lowest BCUT2D eigenvalue weighted by Crippen LogP contribution is -2.07. The molecule has 1 aliphatic rings. The number of aromatic nitrogens is 1. The number of carboxylic acids is 2. The summed E-state index contributed by atoms with van der Waals surface area (Å²) in [5.41, 5.74) is 2.09. The zero-order valence-corrected chi connectivity index (χ0v) is 9.75. The fourth-order valence-electron chi connectivity index (χ4n) is 2.33. The van der Waals surface area contributed by atoms with Gasteiger partial charge in [-0.2, -0.15) is 0 Å². The third-order valence-corrected chi connectivity index (χ3v) is 3.19. The number of carboxylic acid groups (broad SMARTS) is 2. The number of aromatic carboxylic acids is 2. The van der Waals surface area contributed by atoms with Crippen LogP contribution in [0.15, 0.2) is 24.3 Å². The largest absolute Gasteiger partial charge is 0.478 e. The number of benzene rings is 1. The first-order valence-electron chi connectivity index (χ1n) is 5.67. The molecule has 0 amide bonds. The summed E-state index contributed by atoms with van der Waals surface area (Å²) >= 11 is 0. The maximum Gasteiger partial charge on any atom is 0.354 e. The summed E-state index contributed by atoms with van der Waals surface area (Å²) in [4.78, 5) is 26.3. The second-order valence-electron chi connectivity index (χ2n) is 4.30. The van der Waals surface area contributed by atoms with E-state index in [0.717, 1.165) is 5.56 Å². The molecule has 0 unspecified atom stereocenters. The van der Waals surface area contributed by atoms with E-state index in [1.165, 1.54) is 18.2 Å². The molecule has 5 heteroatoms. The average molecular weight is 255 g/mol. The minimum atomic E-state index is -1.07. The van der Waals surface area contributed by atoms with Gasteiger partial charge in [-0.3, -0.25) is 0 Å². The highest BCUT2D eigenvalue weighted by Gasteiger charge is 2.20. The monoisotopic (exact) mass is 255 g/mol. The van der Waals surface area contributed by atoms with Gasteiger partial charge in [-0.15, -0.1) is 0 Å². The molecule has 0 saturated carbocycles. The number of fused-ring (bicyclic) bond motifs is 3. The van der Waals surface area contributed by atoms with Crippen LogP contribution in [0.4, 0.5) is 0 Å². The molecular formula is C14H9NO4. The molecule has 3 rings (SSSR count). The molecular weight excluding hydrogens is 246 g/mol. The third kappa shape index (κ3) is 1.67. The molecule has 2 aromatic rings. The van der Waals surface area contributed by atoms with Gasteiger partial charge in [0.15, 0.2) is 5.69 Å². The van der Waals surface area contributed by atoms with Crippen molar-refractivity contribution in [3.05, 3.63) is 46.7 Å². The molecule has 0 spiro atoms. The van der Waals surface area contributed by atoms with Crippen molar-refractivity contribution in [3.63, 3.8) is 0 Å². The van der Waals surface area contributed by atoms with E-state index in [4.69, 9.17) is 10.2 Å². The van der Waals surface area contributed by atoms with Gasteiger partial charge in [-0.05, 0) is 35.7 Å². The molecule has 1 aromatic heterocycles. The maximum atomic E-state index is 11.2. The number of carbonyl (C=O) groups is 2. The zero-order valence-electron chi connectivity index (χ0n) is 9.75. The number of pyridine rings is 1. The lowest BCUT2D eigenvalue weighted by Gasteiger charge is -2.08. The Labute approximate surface area is 107 Å². The van der Waals surface area contributed by atoms with Gasteiger partial charge in [0.25, 0.3) is 0 Å². The van der Waals surface area contributed by atoms with Crippen molar-refractivity contribution in [1.82, 2.24) is 4.98 Å². The topological polar surface area (TPSA) is 87.5 Å². The van der Waals surface area contributed by atoms with Gasteiger partial charge >= 0.3 is 11.9 Å². The first kappa shape index (κ1) is 11.4. The molecule has 0 aliphatic heterocycles. The SMILES string of the molecule is O=C(O)c1ccc2nc(C(=O)O)c3c(c2c1)C=CC3. The van der Waals surface area contributed by atoms with E-state index in [1.54, 1.807) is 0 Å². The summed E-state index contributed by atoms with van der Waals surface area (Å²) in [5, 5.41) is 18.8. The van der Waals surface area contributed by atoms with Crippen LogP contribution in [0.1, 0.15) is 32.0 Å². The summed E-state index contributed by atoms with van der Waals surface area (Å²) in [5.74, 6) is -2.08. The summed E-state index contributed by atoms with van der Waals surface area (Å²) in [6.07, 6.45) is 4.18. The van der Waals surface area contributed by atoms with Crippen LogP contribution in [0.5, 0.6) is 0 Å². The predicted octanol–water partition coefficient (Wildman–Crippen LogP) is 2.20. The normalized spacial score (nSPS) is 12.6. The van der Waals surface area contributed by atoms with Crippen LogP contribution in [0.2, 0.25) is 0 Å². The molecule has 1 aromatic carbocycles. The Balaban J connectivity index is 2.38. The zero-order chi connectivity index (χ0) is 13.6. The second kappa shape index (κ2) is 3.91. The van der Waals surface area contributed by atoms with Crippen LogP contribution in [0.3, 0.4) is 0 Å². The van der Waals surface area contributed by atoms with E-state index in [9.17, 15) is 9.59 Å². The Kier molecular flexibility index (Phi) is 2.35. The number of hydrogen-bond donors (Lipinski definition) is 2. The molecule has 0 fully saturated rings. The van der Waals surface area contributed by atoms with Gasteiger partial charge < -0.3 is 10.2 Å². The minimum absolute atomic E-state index is 0.0376. The van der Waals surface area contributed by atoms with Crippen molar-refractivity contribution < 1.29 is 19.8 Å². The van der Waals surface area contributed by atoms with E-state index >= 15 is 0 Å². The Morgan fingerprint density at radius 3 is 2.63 bits per heavy atom. The van der Waals surface area contributed by atoms with E-state index in [2.05, 4.69) is 4.98 Å². The Morgan fingerprint density at radius 1 is 1.16 bits per heavy atom. The maximum absolute atomic E-state index is 11.2. The molecule has 0 atom stereocenters. The van der Waals surface area contributed by atoms with Gasteiger partial charge in [0.1, 0.15) is 0 Å². The Bertz CT molecular complexity index is 762. The first-order chi connectivity index (χ1) is 9.08. The predicted molar refractivity (Wildman–Crippen MR) is 68.4 cm³/mol. The van der Waals surface area contributed by atoms with Crippen LogP contribution in [0, 0.1) is 0 Å². The number of allylic oxidation sites excluding steroid dienone is 1.